The maximum atomic E-state index is 13.7. The fourth-order valence-corrected chi connectivity index (χ4v) is 4.90. The molecular weight excluding hydrogens is 498 g/mol. The molecule has 9 heteroatoms. The van der Waals surface area contributed by atoms with Crippen LogP contribution in [0.2, 0.25) is 5.02 Å². The van der Waals surface area contributed by atoms with E-state index in [1.165, 1.54) is 4.90 Å². The highest BCUT2D eigenvalue weighted by Crippen LogP contribution is 2.27. The summed E-state index contributed by atoms with van der Waals surface area (Å²) in [5.74, 6) is -0.792. The number of amides is 2. The van der Waals surface area contributed by atoms with Gasteiger partial charge in [0.2, 0.25) is 21.8 Å². The van der Waals surface area contributed by atoms with Crippen LogP contribution < -0.4 is 9.62 Å². The van der Waals surface area contributed by atoms with E-state index >= 15 is 0 Å². The van der Waals surface area contributed by atoms with Gasteiger partial charge < -0.3 is 10.2 Å². The summed E-state index contributed by atoms with van der Waals surface area (Å²) in [7, 11) is -3.79. The van der Waals surface area contributed by atoms with Crippen molar-refractivity contribution in [1.82, 2.24) is 10.2 Å². The molecule has 7 nitrogen and oxygen atoms in total. The second-order valence-corrected chi connectivity index (χ2v) is 12.6. The molecule has 0 fully saturated rings. The van der Waals surface area contributed by atoms with Gasteiger partial charge in [-0.25, -0.2) is 8.42 Å². The SMILES string of the molecule is CCC(C(=O)NC(C)C)N(Cc1ccccc1Cl)C(=O)CN(c1ccc(C(C)(C)C)cc1)S(C)(=O)=O. The molecule has 1 atom stereocenters. The zero-order valence-corrected chi connectivity index (χ0v) is 23.8. The van der Waals surface area contributed by atoms with Gasteiger partial charge in [-0.2, -0.15) is 0 Å². The summed E-state index contributed by atoms with van der Waals surface area (Å²) < 4.78 is 26.6. The van der Waals surface area contributed by atoms with Crippen molar-refractivity contribution in [3.8, 4) is 0 Å². The van der Waals surface area contributed by atoms with Crippen molar-refractivity contribution in [3.63, 3.8) is 0 Å². The van der Waals surface area contributed by atoms with E-state index in [0.717, 1.165) is 16.1 Å². The highest BCUT2D eigenvalue weighted by molar-refractivity contribution is 7.92. The van der Waals surface area contributed by atoms with Crippen LogP contribution in [0.3, 0.4) is 0 Å². The fraction of sp³-hybridized carbons (Fsp3) is 0.481. The number of benzene rings is 2. The Bertz CT molecular complexity index is 1160. The zero-order chi connectivity index (χ0) is 27.3. The number of rotatable bonds is 10. The number of carbonyl (C=O) groups excluding carboxylic acids is 2. The number of nitrogens with zero attached hydrogens (tertiary/aromatic N) is 2. The Morgan fingerprint density at radius 2 is 1.61 bits per heavy atom. The van der Waals surface area contributed by atoms with Crippen LogP contribution in [0, 0.1) is 0 Å². The summed E-state index contributed by atoms with van der Waals surface area (Å²) in [6, 6.07) is 13.3. The highest BCUT2D eigenvalue weighted by Gasteiger charge is 2.32. The molecule has 0 radical (unpaired) electrons. The first-order valence-electron chi connectivity index (χ1n) is 12.1. The number of sulfonamides is 1. The third-order valence-electron chi connectivity index (χ3n) is 5.82. The Morgan fingerprint density at radius 1 is 1.03 bits per heavy atom. The van der Waals surface area contributed by atoms with E-state index in [2.05, 4.69) is 26.1 Å². The van der Waals surface area contributed by atoms with Crippen LogP contribution in [0.15, 0.2) is 48.5 Å². The average Bonchev–Trinajstić information content (AvgIpc) is 2.76. The molecule has 0 aliphatic heterocycles. The molecule has 2 amide bonds. The smallest absolute Gasteiger partial charge is 0.244 e. The third-order valence-corrected chi connectivity index (χ3v) is 7.33. The van der Waals surface area contributed by atoms with Gasteiger partial charge in [0.05, 0.1) is 11.9 Å². The fourth-order valence-electron chi connectivity index (χ4n) is 3.85. The molecule has 198 valence electrons. The van der Waals surface area contributed by atoms with E-state index in [4.69, 9.17) is 11.6 Å². The molecule has 0 saturated carbocycles. The first kappa shape index (κ1) is 29.6. The number of hydrogen-bond donors (Lipinski definition) is 1. The van der Waals surface area contributed by atoms with Crippen molar-refractivity contribution < 1.29 is 18.0 Å². The molecule has 0 bridgehead atoms. The van der Waals surface area contributed by atoms with Crippen molar-refractivity contribution in [1.29, 1.82) is 0 Å². The maximum absolute atomic E-state index is 13.7. The van der Waals surface area contributed by atoms with Crippen LogP contribution in [0.5, 0.6) is 0 Å². The Morgan fingerprint density at radius 3 is 2.08 bits per heavy atom. The number of carbonyl (C=O) groups is 2. The third kappa shape index (κ3) is 7.96. The maximum Gasteiger partial charge on any atom is 0.244 e. The molecule has 0 saturated heterocycles. The lowest BCUT2D eigenvalue weighted by Gasteiger charge is -2.33. The van der Waals surface area contributed by atoms with E-state index in [9.17, 15) is 18.0 Å². The predicted molar refractivity (Wildman–Crippen MR) is 147 cm³/mol. The molecule has 36 heavy (non-hydrogen) atoms. The molecule has 2 aromatic carbocycles. The van der Waals surface area contributed by atoms with Crippen LogP contribution in [0.25, 0.3) is 0 Å². The topological polar surface area (TPSA) is 86.8 Å². The minimum atomic E-state index is -3.79. The van der Waals surface area contributed by atoms with E-state index < -0.39 is 28.5 Å². The summed E-state index contributed by atoms with van der Waals surface area (Å²) in [5.41, 5.74) is 2.00. The van der Waals surface area contributed by atoms with Crippen LogP contribution in [0.4, 0.5) is 5.69 Å². The summed E-state index contributed by atoms with van der Waals surface area (Å²) in [4.78, 5) is 28.1. The van der Waals surface area contributed by atoms with Crippen LogP contribution in [-0.4, -0.2) is 50.0 Å². The van der Waals surface area contributed by atoms with Gasteiger partial charge in [0.15, 0.2) is 0 Å². The van der Waals surface area contributed by atoms with Crippen molar-refractivity contribution >= 4 is 39.1 Å². The number of nitrogens with one attached hydrogen (secondary N) is 1. The van der Waals surface area contributed by atoms with Crippen LogP contribution in [0.1, 0.15) is 59.1 Å². The van der Waals surface area contributed by atoms with Gasteiger partial charge in [-0.05, 0) is 55.0 Å². The van der Waals surface area contributed by atoms with Gasteiger partial charge in [0.1, 0.15) is 12.6 Å². The number of anilines is 1. The van der Waals surface area contributed by atoms with E-state index in [-0.39, 0.29) is 23.9 Å². The lowest BCUT2D eigenvalue weighted by Crippen LogP contribution is -2.53. The first-order valence-corrected chi connectivity index (χ1v) is 14.3. The number of halogens is 1. The normalized spacial score (nSPS) is 12.8. The Balaban J connectivity index is 2.46. The van der Waals surface area contributed by atoms with Crippen LogP contribution in [-0.2, 0) is 31.6 Å². The van der Waals surface area contributed by atoms with Gasteiger partial charge in [-0.3, -0.25) is 13.9 Å². The molecule has 0 heterocycles. The molecule has 2 aromatic rings. The van der Waals surface area contributed by atoms with Crippen LogP contribution >= 0.6 is 11.6 Å². The average molecular weight is 536 g/mol. The van der Waals surface area contributed by atoms with Gasteiger partial charge in [0.25, 0.3) is 0 Å². The molecule has 0 aliphatic rings. The summed E-state index contributed by atoms with van der Waals surface area (Å²) in [6.45, 7) is 11.3. The van der Waals surface area contributed by atoms with Gasteiger partial charge in [0, 0.05) is 17.6 Å². The summed E-state index contributed by atoms with van der Waals surface area (Å²) in [6.07, 6.45) is 1.42. The van der Waals surface area contributed by atoms with E-state index in [1.807, 2.05) is 32.9 Å². The molecule has 0 aromatic heterocycles. The largest absolute Gasteiger partial charge is 0.352 e. The molecule has 2 rings (SSSR count). The number of hydrogen-bond acceptors (Lipinski definition) is 4. The lowest BCUT2D eigenvalue weighted by atomic mass is 9.87. The molecule has 0 spiro atoms. The summed E-state index contributed by atoms with van der Waals surface area (Å²) >= 11 is 6.37. The molecule has 1 N–H and O–H groups in total. The van der Waals surface area contributed by atoms with Crippen molar-refractivity contribution in [2.45, 2.75) is 72.0 Å². The van der Waals surface area contributed by atoms with Crippen molar-refractivity contribution in [3.05, 3.63) is 64.7 Å². The Hall–Kier alpha value is -2.58. The van der Waals surface area contributed by atoms with Crippen molar-refractivity contribution in [2.24, 2.45) is 0 Å². The summed E-state index contributed by atoms with van der Waals surface area (Å²) in [5, 5.41) is 3.33. The van der Waals surface area contributed by atoms with Gasteiger partial charge >= 0.3 is 0 Å². The van der Waals surface area contributed by atoms with Crippen molar-refractivity contribution in [2.75, 3.05) is 17.1 Å². The zero-order valence-electron chi connectivity index (χ0n) is 22.2. The second-order valence-electron chi connectivity index (χ2n) is 10.3. The Kier molecular flexibility index (Phi) is 9.97. The van der Waals surface area contributed by atoms with Gasteiger partial charge in [-0.15, -0.1) is 0 Å². The highest BCUT2D eigenvalue weighted by atomic mass is 35.5. The second kappa shape index (κ2) is 12.1. The van der Waals surface area contributed by atoms with Gasteiger partial charge in [-0.1, -0.05) is 69.6 Å². The quantitative estimate of drug-likeness (QED) is 0.476. The first-order chi connectivity index (χ1) is 16.6. The predicted octanol–water partition coefficient (Wildman–Crippen LogP) is 4.74. The molecular formula is C27H38ClN3O4S. The molecule has 0 aliphatic carbocycles. The minimum Gasteiger partial charge on any atom is -0.352 e. The lowest BCUT2D eigenvalue weighted by molar-refractivity contribution is -0.140. The van der Waals surface area contributed by atoms with E-state index in [0.29, 0.717) is 22.7 Å². The van der Waals surface area contributed by atoms with E-state index in [1.54, 1.807) is 36.4 Å². The monoisotopic (exact) mass is 535 g/mol. The molecule has 1 unspecified atom stereocenters. The minimum absolute atomic E-state index is 0.0725. The standard InChI is InChI=1S/C27H38ClN3O4S/c1-8-24(26(33)29-19(2)3)30(17-20-11-9-10-12-23(20)28)25(32)18-31(36(7,34)35)22-15-13-21(14-16-22)27(4,5)6/h9-16,19,24H,8,17-18H2,1-7H3,(H,29,33). The Labute approximate surface area is 220 Å².